The molecule has 3 heteroatoms. The van der Waals surface area contributed by atoms with Crippen LogP contribution in [-0.4, -0.2) is 23.8 Å². The van der Waals surface area contributed by atoms with Crippen LogP contribution in [-0.2, 0) is 9.53 Å². The summed E-state index contributed by atoms with van der Waals surface area (Å²) in [5.74, 6) is -0.696. The van der Waals surface area contributed by atoms with E-state index in [1.807, 2.05) is 6.08 Å². The van der Waals surface area contributed by atoms with Crippen molar-refractivity contribution in [3.05, 3.63) is 12.2 Å². The summed E-state index contributed by atoms with van der Waals surface area (Å²) in [6.45, 7) is 2.07. The second-order valence-electron chi connectivity index (χ2n) is 4.15. The zero-order chi connectivity index (χ0) is 11.3. The number of esters is 1. The fourth-order valence-electron chi connectivity index (χ4n) is 2.10. The lowest BCUT2D eigenvalue weighted by Gasteiger charge is -2.29. The molecule has 1 N–H and O–H groups in total. The molecule has 15 heavy (non-hydrogen) atoms. The zero-order valence-corrected chi connectivity index (χ0v) is 9.53. The van der Waals surface area contributed by atoms with Crippen LogP contribution >= 0.6 is 0 Å². The summed E-state index contributed by atoms with van der Waals surface area (Å²) in [5, 5.41) is 10.3. The summed E-state index contributed by atoms with van der Waals surface area (Å²) >= 11 is 0. The Morgan fingerprint density at radius 3 is 2.87 bits per heavy atom. The first-order valence-electron chi connectivity index (χ1n) is 5.62. The Morgan fingerprint density at radius 1 is 1.67 bits per heavy atom. The number of allylic oxidation sites excluding steroid dienone is 1. The van der Waals surface area contributed by atoms with E-state index in [0.717, 1.165) is 19.3 Å². The second kappa shape index (κ2) is 5.31. The molecule has 1 aliphatic carbocycles. The Balaban J connectivity index is 2.70. The maximum absolute atomic E-state index is 11.6. The molecule has 0 aromatic rings. The van der Waals surface area contributed by atoms with Gasteiger partial charge >= 0.3 is 5.97 Å². The summed E-state index contributed by atoms with van der Waals surface area (Å²) in [6.07, 6.45) is 7.83. The Kier molecular flexibility index (Phi) is 4.33. The minimum absolute atomic E-state index is 0.294. The Bertz CT molecular complexity index is 247. The van der Waals surface area contributed by atoms with E-state index in [1.54, 1.807) is 6.08 Å². The van der Waals surface area contributed by atoms with E-state index in [2.05, 4.69) is 6.92 Å². The van der Waals surface area contributed by atoms with Gasteiger partial charge in [0.2, 0.25) is 0 Å². The second-order valence-corrected chi connectivity index (χ2v) is 4.15. The summed E-state index contributed by atoms with van der Waals surface area (Å²) in [5.41, 5.74) is -0.970. The molecule has 0 aromatic carbocycles. The third-order valence-corrected chi connectivity index (χ3v) is 3.05. The van der Waals surface area contributed by atoms with Crippen molar-refractivity contribution in [2.24, 2.45) is 5.92 Å². The van der Waals surface area contributed by atoms with Gasteiger partial charge in [-0.25, -0.2) is 0 Å². The van der Waals surface area contributed by atoms with E-state index in [-0.39, 0.29) is 5.97 Å². The van der Waals surface area contributed by atoms with Gasteiger partial charge in [-0.1, -0.05) is 31.9 Å². The number of hydrogen-bond donors (Lipinski definition) is 1. The van der Waals surface area contributed by atoms with Crippen molar-refractivity contribution in [3.8, 4) is 0 Å². The maximum atomic E-state index is 11.6. The van der Waals surface area contributed by atoms with Gasteiger partial charge in [-0.3, -0.25) is 4.79 Å². The van der Waals surface area contributed by atoms with Crippen molar-refractivity contribution in [3.63, 3.8) is 0 Å². The molecule has 1 rings (SSSR count). The van der Waals surface area contributed by atoms with Crippen molar-refractivity contribution in [1.82, 2.24) is 0 Å². The third kappa shape index (κ3) is 2.81. The fourth-order valence-corrected chi connectivity index (χ4v) is 2.10. The maximum Gasteiger partial charge on any atom is 0.311 e. The normalized spacial score (nSPS) is 26.6. The molecule has 0 aliphatic heterocycles. The van der Waals surface area contributed by atoms with E-state index < -0.39 is 11.5 Å². The first kappa shape index (κ1) is 12.2. The lowest BCUT2D eigenvalue weighted by Crippen LogP contribution is -2.39. The Morgan fingerprint density at radius 2 is 2.40 bits per heavy atom. The molecular formula is C12H20O3. The molecule has 1 aliphatic rings. The molecule has 0 saturated carbocycles. The van der Waals surface area contributed by atoms with E-state index in [4.69, 9.17) is 4.74 Å². The molecule has 0 heterocycles. The molecule has 3 nitrogen and oxygen atoms in total. The van der Waals surface area contributed by atoms with Crippen LogP contribution in [0.1, 0.15) is 39.0 Å². The predicted octanol–water partition coefficient (Wildman–Crippen LogP) is 2.05. The zero-order valence-electron chi connectivity index (χ0n) is 9.53. The van der Waals surface area contributed by atoms with Gasteiger partial charge in [0.1, 0.15) is 0 Å². The average molecular weight is 212 g/mol. The molecule has 0 saturated heterocycles. The molecule has 0 fully saturated rings. The van der Waals surface area contributed by atoms with Gasteiger partial charge in [0.15, 0.2) is 0 Å². The molecule has 0 spiro atoms. The quantitative estimate of drug-likeness (QED) is 0.560. The van der Waals surface area contributed by atoms with Gasteiger partial charge in [0, 0.05) is 0 Å². The molecular weight excluding hydrogens is 192 g/mol. The van der Waals surface area contributed by atoms with E-state index >= 15 is 0 Å². The van der Waals surface area contributed by atoms with Crippen LogP contribution in [0.3, 0.4) is 0 Å². The number of hydrogen-bond acceptors (Lipinski definition) is 3. The molecule has 2 unspecified atom stereocenters. The van der Waals surface area contributed by atoms with E-state index in [1.165, 1.54) is 7.11 Å². The number of unbranched alkanes of at least 4 members (excludes halogenated alkanes) is 1. The minimum Gasteiger partial charge on any atom is -0.469 e. The molecule has 0 amide bonds. The lowest BCUT2D eigenvalue weighted by atomic mass is 9.83. The average Bonchev–Trinajstić information content (AvgIpc) is 2.66. The van der Waals surface area contributed by atoms with Crippen LogP contribution < -0.4 is 0 Å². The topological polar surface area (TPSA) is 46.5 Å². The lowest BCUT2D eigenvalue weighted by molar-refractivity contribution is -0.153. The van der Waals surface area contributed by atoms with Crippen molar-refractivity contribution < 1.29 is 14.6 Å². The summed E-state index contributed by atoms with van der Waals surface area (Å²) in [7, 11) is 1.38. The number of ether oxygens (including phenoxy) is 1. The van der Waals surface area contributed by atoms with Crippen LogP contribution in [0.15, 0.2) is 12.2 Å². The minimum atomic E-state index is -0.970. The number of rotatable bonds is 5. The summed E-state index contributed by atoms with van der Waals surface area (Å²) in [6, 6.07) is 0. The Labute approximate surface area is 91.1 Å². The molecule has 0 aromatic heterocycles. The SMILES string of the molecule is CCCCC(C(=O)OC)C1(O)C=CCC1. The van der Waals surface area contributed by atoms with Crippen molar-refractivity contribution in [2.75, 3.05) is 7.11 Å². The molecule has 0 bridgehead atoms. The fraction of sp³-hybridized carbons (Fsp3) is 0.750. The highest BCUT2D eigenvalue weighted by molar-refractivity contribution is 5.74. The van der Waals surface area contributed by atoms with Gasteiger partial charge in [-0.05, 0) is 19.3 Å². The van der Waals surface area contributed by atoms with Crippen molar-refractivity contribution >= 4 is 5.97 Å². The smallest absolute Gasteiger partial charge is 0.311 e. The molecule has 86 valence electrons. The first-order valence-corrected chi connectivity index (χ1v) is 5.62. The molecule has 2 atom stereocenters. The van der Waals surface area contributed by atoms with Gasteiger partial charge in [-0.2, -0.15) is 0 Å². The number of carbonyl (C=O) groups excluding carboxylic acids is 1. The Hall–Kier alpha value is -0.830. The summed E-state index contributed by atoms with van der Waals surface area (Å²) in [4.78, 5) is 11.6. The van der Waals surface area contributed by atoms with Crippen LogP contribution in [0.5, 0.6) is 0 Å². The van der Waals surface area contributed by atoms with Gasteiger partial charge in [0.05, 0.1) is 18.6 Å². The molecule has 0 radical (unpaired) electrons. The van der Waals surface area contributed by atoms with Crippen molar-refractivity contribution in [2.45, 2.75) is 44.6 Å². The largest absolute Gasteiger partial charge is 0.469 e. The van der Waals surface area contributed by atoms with Gasteiger partial charge in [0.25, 0.3) is 0 Å². The number of methoxy groups -OCH3 is 1. The van der Waals surface area contributed by atoms with Crippen LogP contribution in [0.2, 0.25) is 0 Å². The monoisotopic (exact) mass is 212 g/mol. The number of carbonyl (C=O) groups is 1. The van der Waals surface area contributed by atoms with Crippen molar-refractivity contribution in [1.29, 1.82) is 0 Å². The third-order valence-electron chi connectivity index (χ3n) is 3.05. The van der Waals surface area contributed by atoms with Gasteiger partial charge in [-0.15, -0.1) is 0 Å². The standard InChI is InChI=1S/C12H20O3/c1-3-4-7-10(11(13)15-2)12(14)8-5-6-9-12/h5,8,10,14H,3-4,6-7,9H2,1-2H3. The highest BCUT2D eigenvalue weighted by atomic mass is 16.5. The van der Waals surface area contributed by atoms with Crippen LogP contribution in [0, 0.1) is 5.92 Å². The highest BCUT2D eigenvalue weighted by Crippen LogP contribution is 2.34. The highest BCUT2D eigenvalue weighted by Gasteiger charge is 2.40. The van der Waals surface area contributed by atoms with Crippen LogP contribution in [0.25, 0.3) is 0 Å². The predicted molar refractivity (Wildman–Crippen MR) is 58.4 cm³/mol. The number of aliphatic hydroxyl groups is 1. The van der Waals surface area contributed by atoms with E-state index in [9.17, 15) is 9.90 Å². The van der Waals surface area contributed by atoms with E-state index in [0.29, 0.717) is 12.8 Å². The summed E-state index contributed by atoms with van der Waals surface area (Å²) < 4.78 is 4.75. The first-order chi connectivity index (χ1) is 7.14. The van der Waals surface area contributed by atoms with Gasteiger partial charge < -0.3 is 9.84 Å². The van der Waals surface area contributed by atoms with Crippen LogP contribution in [0.4, 0.5) is 0 Å².